The van der Waals surface area contributed by atoms with E-state index >= 15 is 0 Å². The highest BCUT2D eigenvalue weighted by Crippen LogP contribution is 2.28. The van der Waals surface area contributed by atoms with Crippen LogP contribution in [0.5, 0.6) is 0 Å². The minimum absolute atomic E-state index is 0.500. The molecule has 7 heavy (non-hydrogen) atoms. The molecule has 1 fully saturated rings. The summed E-state index contributed by atoms with van der Waals surface area (Å²) in [5, 5.41) is 0. The van der Waals surface area contributed by atoms with Crippen LogP contribution < -0.4 is 0 Å². The molecule has 1 atom stereocenters. The fourth-order valence-corrected chi connectivity index (χ4v) is 1.22. The molecule has 1 aliphatic rings. The van der Waals surface area contributed by atoms with Gasteiger partial charge in [-0.25, -0.2) is 4.21 Å². The van der Waals surface area contributed by atoms with Crippen molar-refractivity contribution in [1.29, 1.82) is 0 Å². The van der Waals surface area contributed by atoms with E-state index in [-0.39, 0.29) is 0 Å². The monoisotopic (exact) mass is 120 g/mol. The van der Waals surface area contributed by atoms with Gasteiger partial charge in [-0.1, -0.05) is 0 Å². The van der Waals surface area contributed by atoms with Crippen LogP contribution in [0, 0.1) is 5.92 Å². The molecule has 0 radical (unpaired) electrons. The van der Waals surface area contributed by atoms with Crippen molar-refractivity contribution in [2.75, 3.05) is 5.75 Å². The molecule has 1 unspecified atom stereocenters. The van der Waals surface area contributed by atoms with Crippen molar-refractivity contribution in [2.24, 2.45) is 5.92 Å². The van der Waals surface area contributed by atoms with Gasteiger partial charge in [-0.05, 0) is 18.8 Å². The molecule has 3 heteroatoms. The molecule has 42 valence electrons. The zero-order valence-electron chi connectivity index (χ0n) is 3.96. The molecule has 1 N–H and O–H groups in total. The van der Waals surface area contributed by atoms with Crippen LogP contribution in [-0.2, 0) is 11.1 Å². The molecule has 1 rings (SSSR count). The molecule has 0 aromatic rings. The average molecular weight is 120 g/mol. The van der Waals surface area contributed by atoms with Gasteiger partial charge in [0.25, 0.3) is 0 Å². The van der Waals surface area contributed by atoms with Crippen LogP contribution in [0.25, 0.3) is 0 Å². The molecule has 1 aliphatic carbocycles. The molecular formula is C4H8O2S. The van der Waals surface area contributed by atoms with Crippen molar-refractivity contribution in [3.8, 4) is 0 Å². The van der Waals surface area contributed by atoms with Crippen molar-refractivity contribution < 1.29 is 8.76 Å². The van der Waals surface area contributed by atoms with Crippen LogP contribution in [0.2, 0.25) is 0 Å². The Hall–Kier alpha value is 0.110. The van der Waals surface area contributed by atoms with E-state index in [0.29, 0.717) is 11.7 Å². The topological polar surface area (TPSA) is 37.3 Å². The Bertz CT molecular complexity index is 87.7. The number of hydrogen-bond donors (Lipinski definition) is 1. The Morgan fingerprint density at radius 3 is 2.43 bits per heavy atom. The second kappa shape index (κ2) is 1.92. The van der Waals surface area contributed by atoms with Crippen LogP contribution in [0.4, 0.5) is 0 Å². The van der Waals surface area contributed by atoms with E-state index in [4.69, 9.17) is 4.55 Å². The Labute approximate surface area is 45.2 Å². The lowest BCUT2D eigenvalue weighted by Crippen LogP contribution is -1.94. The van der Waals surface area contributed by atoms with Crippen molar-refractivity contribution in [2.45, 2.75) is 12.8 Å². The predicted molar refractivity (Wildman–Crippen MR) is 28.4 cm³/mol. The summed E-state index contributed by atoms with van der Waals surface area (Å²) in [5.41, 5.74) is 0. The zero-order chi connectivity index (χ0) is 5.28. The largest absolute Gasteiger partial charge is 0.306 e. The van der Waals surface area contributed by atoms with Crippen LogP contribution >= 0.6 is 0 Å². The van der Waals surface area contributed by atoms with E-state index in [1.165, 1.54) is 0 Å². The minimum Gasteiger partial charge on any atom is -0.306 e. The van der Waals surface area contributed by atoms with E-state index in [1.54, 1.807) is 0 Å². The van der Waals surface area contributed by atoms with E-state index < -0.39 is 11.1 Å². The summed E-state index contributed by atoms with van der Waals surface area (Å²) in [5.74, 6) is 1.07. The molecule has 0 heterocycles. The molecular weight excluding hydrogens is 112 g/mol. The Kier molecular flexibility index (Phi) is 1.44. The molecule has 0 aromatic heterocycles. The van der Waals surface area contributed by atoms with Gasteiger partial charge in [-0.3, -0.25) is 0 Å². The maximum absolute atomic E-state index is 9.96. The SMILES string of the molecule is O=S(O)CC1CC1. The molecule has 0 aromatic carbocycles. The van der Waals surface area contributed by atoms with Crippen molar-refractivity contribution in [3.05, 3.63) is 0 Å². The lowest BCUT2D eigenvalue weighted by molar-refractivity contribution is 0.560. The second-order valence-electron chi connectivity index (χ2n) is 1.93. The summed E-state index contributed by atoms with van der Waals surface area (Å²) in [6.45, 7) is 0. The first-order valence-electron chi connectivity index (χ1n) is 2.36. The molecule has 0 saturated heterocycles. The Balaban J connectivity index is 2.08. The third-order valence-corrected chi connectivity index (χ3v) is 1.83. The van der Waals surface area contributed by atoms with E-state index in [0.717, 1.165) is 12.8 Å². The number of hydrogen-bond acceptors (Lipinski definition) is 1. The highest BCUT2D eigenvalue weighted by atomic mass is 32.2. The summed E-state index contributed by atoms with van der Waals surface area (Å²) in [4.78, 5) is 0. The highest BCUT2D eigenvalue weighted by molar-refractivity contribution is 7.79. The van der Waals surface area contributed by atoms with Crippen LogP contribution in [-0.4, -0.2) is 14.5 Å². The van der Waals surface area contributed by atoms with Gasteiger partial charge >= 0.3 is 0 Å². The average Bonchev–Trinajstić information content (AvgIpc) is 2.17. The van der Waals surface area contributed by atoms with Crippen LogP contribution in [0.1, 0.15) is 12.8 Å². The van der Waals surface area contributed by atoms with Crippen molar-refractivity contribution in [3.63, 3.8) is 0 Å². The van der Waals surface area contributed by atoms with Crippen LogP contribution in [0.3, 0.4) is 0 Å². The quantitative estimate of drug-likeness (QED) is 0.542. The second-order valence-corrected chi connectivity index (χ2v) is 2.91. The van der Waals surface area contributed by atoms with Gasteiger partial charge in [0.2, 0.25) is 0 Å². The third kappa shape index (κ3) is 2.04. The maximum atomic E-state index is 9.96. The third-order valence-electron chi connectivity index (χ3n) is 1.08. The van der Waals surface area contributed by atoms with E-state index in [2.05, 4.69) is 0 Å². The first kappa shape index (κ1) is 5.25. The minimum atomic E-state index is -1.53. The molecule has 0 amide bonds. The standard InChI is InChI=1S/C4H8O2S/c5-7(6)3-4-1-2-4/h4H,1-3H2,(H,5,6). The zero-order valence-corrected chi connectivity index (χ0v) is 4.78. The van der Waals surface area contributed by atoms with Gasteiger partial charge in [-0.2, -0.15) is 0 Å². The smallest absolute Gasteiger partial charge is 0.153 e. The molecule has 0 aliphatic heterocycles. The van der Waals surface area contributed by atoms with Gasteiger partial charge < -0.3 is 4.55 Å². The molecule has 0 spiro atoms. The van der Waals surface area contributed by atoms with Crippen molar-refractivity contribution in [1.82, 2.24) is 0 Å². The maximum Gasteiger partial charge on any atom is 0.153 e. The van der Waals surface area contributed by atoms with Crippen LogP contribution in [0.15, 0.2) is 0 Å². The van der Waals surface area contributed by atoms with Gasteiger partial charge in [0.1, 0.15) is 0 Å². The van der Waals surface area contributed by atoms with Gasteiger partial charge in [-0.15, -0.1) is 0 Å². The summed E-state index contributed by atoms with van der Waals surface area (Å²) in [7, 11) is 0. The lowest BCUT2D eigenvalue weighted by atomic mass is 10.5. The summed E-state index contributed by atoms with van der Waals surface area (Å²) in [6.07, 6.45) is 2.32. The van der Waals surface area contributed by atoms with Gasteiger partial charge in [0.15, 0.2) is 11.1 Å². The Morgan fingerprint density at radius 2 is 2.29 bits per heavy atom. The Morgan fingerprint density at radius 1 is 1.71 bits per heavy atom. The van der Waals surface area contributed by atoms with E-state index in [9.17, 15) is 4.21 Å². The van der Waals surface area contributed by atoms with E-state index in [1.807, 2.05) is 0 Å². The fraction of sp³-hybridized carbons (Fsp3) is 1.00. The normalized spacial score (nSPS) is 24.7. The first-order valence-corrected chi connectivity index (χ1v) is 3.64. The lowest BCUT2D eigenvalue weighted by Gasteiger charge is -1.84. The molecule has 1 saturated carbocycles. The highest BCUT2D eigenvalue weighted by Gasteiger charge is 2.22. The predicted octanol–water partition coefficient (Wildman–Crippen LogP) is 0.618. The summed E-state index contributed by atoms with van der Waals surface area (Å²) < 4.78 is 18.2. The number of rotatable bonds is 2. The van der Waals surface area contributed by atoms with Gasteiger partial charge in [0.05, 0.1) is 5.75 Å². The summed E-state index contributed by atoms with van der Waals surface area (Å²) >= 11 is -1.53. The van der Waals surface area contributed by atoms with Gasteiger partial charge in [0, 0.05) is 0 Å². The fourth-order valence-electron chi connectivity index (χ4n) is 0.486. The first-order chi connectivity index (χ1) is 3.29. The molecule has 0 bridgehead atoms. The summed E-state index contributed by atoms with van der Waals surface area (Å²) in [6, 6.07) is 0. The van der Waals surface area contributed by atoms with Crippen molar-refractivity contribution >= 4 is 11.1 Å². The molecule has 2 nitrogen and oxygen atoms in total.